The molecule has 2 aromatic heterocycles. The highest BCUT2D eigenvalue weighted by Gasteiger charge is 2.32. The van der Waals surface area contributed by atoms with E-state index in [1.807, 2.05) is 0 Å². The van der Waals surface area contributed by atoms with Crippen molar-refractivity contribution in [1.29, 1.82) is 0 Å². The van der Waals surface area contributed by atoms with E-state index >= 15 is 0 Å². The second-order valence-corrected chi connectivity index (χ2v) is 6.30. The second-order valence-electron chi connectivity index (χ2n) is 6.30. The number of benzene rings is 1. The van der Waals surface area contributed by atoms with Gasteiger partial charge in [0.1, 0.15) is 17.1 Å². The topological polar surface area (TPSA) is 77.1 Å². The number of furan rings is 1. The second kappa shape index (κ2) is 6.95. The predicted molar refractivity (Wildman–Crippen MR) is 93.8 cm³/mol. The van der Waals surface area contributed by atoms with Gasteiger partial charge in [0.25, 0.3) is 5.56 Å². The fourth-order valence-corrected chi connectivity index (χ4v) is 2.48. The van der Waals surface area contributed by atoms with Crippen LogP contribution in [0, 0.1) is 5.82 Å². The zero-order chi connectivity index (χ0) is 18.7. The van der Waals surface area contributed by atoms with Crippen LogP contribution >= 0.6 is 0 Å². The van der Waals surface area contributed by atoms with Crippen molar-refractivity contribution in [1.82, 2.24) is 15.1 Å². The first-order valence-corrected chi connectivity index (χ1v) is 8.05. The number of nitrogens with one attached hydrogen (secondary N) is 1. The van der Waals surface area contributed by atoms with Crippen molar-refractivity contribution in [3.63, 3.8) is 0 Å². The number of halogens is 1. The number of carbonyl (C=O) groups excluding carboxylic acids is 1. The molecule has 0 aliphatic carbocycles. The lowest BCUT2D eigenvalue weighted by Gasteiger charge is -2.25. The van der Waals surface area contributed by atoms with Crippen molar-refractivity contribution in [3.8, 4) is 11.3 Å². The lowest BCUT2D eigenvalue weighted by Crippen LogP contribution is -2.49. The summed E-state index contributed by atoms with van der Waals surface area (Å²) in [7, 11) is 0. The summed E-state index contributed by atoms with van der Waals surface area (Å²) < 4.78 is 19.4. The summed E-state index contributed by atoms with van der Waals surface area (Å²) in [6.07, 6.45) is 1.52. The predicted octanol–water partition coefficient (Wildman–Crippen LogP) is 2.69. The largest absolute Gasteiger partial charge is 0.467 e. The molecule has 26 heavy (non-hydrogen) atoms. The van der Waals surface area contributed by atoms with E-state index < -0.39 is 11.1 Å². The van der Waals surface area contributed by atoms with E-state index in [0.717, 1.165) is 4.68 Å². The van der Waals surface area contributed by atoms with Gasteiger partial charge in [-0.15, -0.1) is 0 Å². The molecule has 1 N–H and O–H groups in total. The van der Waals surface area contributed by atoms with Crippen LogP contribution in [0.15, 0.2) is 64.0 Å². The van der Waals surface area contributed by atoms with Crippen LogP contribution in [0.1, 0.15) is 19.6 Å². The maximum absolute atomic E-state index is 13.1. The van der Waals surface area contributed by atoms with Crippen molar-refractivity contribution in [2.24, 2.45) is 0 Å². The van der Waals surface area contributed by atoms with Gasteiger partial charge in [-0.1, -0.05) is 0 Å². The van der Waals surface area contributed by atoms with E-state index in [-0.39, 0.29) is 18.3 Å². The molecule has 0 saturated carbocycles. The zero-order valence-corrected chi connectivity index (χ0v) is 14.4. The van der Waals surface area contributed by atoms with Crippen LogP contribution in [0.3, 0.4) is 0 Å². The van der Waals surface area contributed by atoms with E-state index in [1.54, 1.807) is 44.2 Å². The number of aromatic nitrogens is 2. The maximum atomic E-state index is 13.1. The Labute approximate surface area is 149 Å². The van der Waals surface area contributed by atoms with Gasteiger partial charge >= 0.3 is 0 Å². The summed E-state index contributed by atoms with van der Waals surface area (Å²) in [4.78, 5) is 24.9. The number of rotatable bonds is 5. The Balaban J connectivity index is 1.88. The zero-order valence-electron chi connectivity index (χ0n) is 14.4. The van der Waals surface area contributed by atoms with Crippen molar-refractivity contribution >= 4 is 5.91 Å². The minimum Gasteiger partial charge on any atom is -0.467 e. The molecule has 0 fully saturated rings. The highest BCUT2D eigenvalue weighted by Crippen LogP contribution is 2.18. The number of hydrogen-bond donors (Lipinski definition) is 1. The van der Waals surface area contributed by atoms with E-state index in [9.17, 15) is 14.0 Å². The number of carbonyl (C=O) groups is 1. The van der Waals surface area contributed by atoms with Crippen LogP contribution in [-0.2, 0) is 16.9 Å². The fourth-order valence-electron chi connectivity index (χ4n) is 2.48. The van der Waals surface area contributed by atoms with Crippen LogP contribution in [0.25, 0.3) is 11.3 Å². The first-order chi connectivity index (χ1) is 12.4. The average molecular weight is 355 g/mol. The Morgan fingerprint density at radius 1 is 1.19 bits per heavy atom. The lowest BCUT2D eigenvalue weighted by molar-refractivity contribution is -0.129. The molecule has 6 nitrogen and oxygen atoms in total. The summed E-state index contributed by atoms with van der Waals surface area (Å²) in [6.45, 7) is 3.42. The molecule has 3 rings (SSSR count). The first kappa shape index (κ1) is 17.6. The van der Waals surface area contributed by atoms with Gasteiger partial charge in [-0.3, -0.25) is 9.59 Å². The van der Waals surface area contributed by atoms with E-state index in [1.165, 1.54) is 24.5 Å². The SMILES string of the molecule is CC(C)(C(=O)NCc1ccco1)n1nc(-c2ccc(F)cc2)ccc1=O. The van der Waals surface area contributed by atoms with E-state index in [0.29, 0.717) is 17.0 Å². The van der Waals surface area contributed by atoms with Crippen molar-refractivity contribution < 1.29 is 13.6 Å². The highest BCUT2D eigenvalue weighted by atomic mass is 19.1. The first-order valence-electron chi connectivity index (χ1n) is 8.05. The molecule has 0 unspecified atom stereocenters. The fraction of sp³-hybridized carbons (Fsp3) is 0.211. The summed E-state index contributed by atoms with van der Waals surface area (Å²) in [5.74, 6) is -0.131. The van der Waals surface area contributed by atoms with Crippen molar-refractivity contribution in [3.05, 3.63) is 76.7 Å². The Hall–Kier alpha value is -3.22. The molecular weight excluding hydrogens is 337 g/mol. The van der Waals surface area contributed by atoms with Gasteiger partial charge in [0, 0.05) is 11.6 Å². The van der Waals surface area contributed by atoms with Gasteiger partial charge in [0.15, 0.2) is 0 Å². The molecule has 0 aliphatic rings. The molecule has 7 heteroatoms. The molecular formula is C19H18FN3O3. The quantitative estimate of drug-likeness (QED) is 0.763. The van der Waals surface area contributed by atoms with Gasteiger partial charge < -0.3 is 9.73 Å². The number of amides is 1. The molecule has 2 heterocycles. The summed E-state index contributed by atoms with van der Waals surface area (Å²) >= 11 is 0. The maximum Gasteiger partial charge on any atom is 0.267 e. The number of nitrogens with zero attached hydrogens (tertiary/aromatic N) is 2. The molecule has 0 saturated heterocycles. The molecule has 134 valence electrons. The Morgan fingerprint density at radius 3 is 2.58 bits per heavy atom. The molecule has 0 atom stereocenters. The summed E-state index contributed by atoms with van der Waals surface area (Å²) in [6, 6.07) is 12.1. The third-order valence-corrected chi connectivity index (χ3v) is 4.03. The molecule has 1 amide bonds. The van der Waals surface area contributed by atoms with Crippen LogP contribution in [0.2, 0.25) is 0 Å². The molecule has 3 aromatic rings. The third kappa shape index (κ3) is 3.56. The normalized spacial score (nSPS) is 11.3. The molecule has 0 radical (unpaired) electrons. The van der Waals surface area contributed by atoms with E-state index in [4.69, 9.17) is 4.42 Å². The van der Waals surface area contributed by atoms with Gasteiger partial charge in [0.05, 0.1) is 18.5 Å². The van der Waals surface area contributed by atoms with Crippen LogP contribution in [-0.4, -0.2) is 15.7 Å². The number of hydrogen-bond acceptors (Lipinski definition) is 4. The molecule has 0 spiro atoms. The monoisotopic (exact) mass is 355 g/mol. The summed E-state index contributed by atoms with van der Waals surface area (Å²) in [5.41, 5.74) is -0.517. The Kier molecular flexibility index (Phi) is 4.71. The van der Waals surface area contributed by atoms with Crippen LogP contribution < -0.4 is 10.9 Å². The molecule has 1 aromatic carbocycles. The minimum absolute atomic E-state index is 0.210. The van der Waals surface area contributed by atoms with E-state index in [2.05, 4.69) is 10.4 Å². The van der Waals surface area contributed by atoms with Crippen LogP contribution in [0.5, 0.6) is 0 Å². The van der Waals surface area contributed by atoms with Gasteiger partial charge in [-0.2, -0.15) is 5.10 Å². The average Bonchev–Trinajstić information content (AvgIpc) is 3.14. The molecule has 0 bridgehead atoms. The van der Waals surface area contributed by atoms with Crippen molar-refractivity contribution in [2.75, 3.05) is 0 Å². The summed E-state index contributed by atoms with van der Waals surface area (Å²) in [5, 5.41) is 7.04. The highest BCUT2D eigenvalue weighted by molar-refractivity contribution is 5.83. The standard InChI is InChI=1S/C19H18FN3O3/c1-19(2,18(25)21-12-15-4-3-11-26-15)23-17(24)10-9-16(22-23)13-5-7-14(20)8-6-13/h3-11H,12H2,1-2H3,(H,21,25). The Bertz CT molecular complexity index is 960. The van der Waals surface area contributed by atoms with Gasteiger partial charge in [-0.25, -0.2) is 9.07 Å². The van der Waals surface area contributed by atoms with Gasteiger partial charge in [0.2, 0.25) is 5.91 Å². The van der Waals surface area contributed by atoms with Crippen LogP contribution in [0.4, 0.5) is 4.39 Å². The van der Waals surface area contributed by atoms with Crippen molar-refractivity contribution in [2.45, 2.75) is 25.9 Å². The smallest absolute Gasteiger partial charge is 0.267 e. The minimum atomic E-state index is -1.22. The Morgan fingerprint density at radius 2 is 1.92 bits per heavy atom. The lowest BCUT2D eigenvalue weighted by atomic mass is 10.0. The third-order valence-electron chi connectivity index (χ3n) is 4.03. The van der Waals surface area contributed by atoms with Gasteiger partial charge in [-0.05, 0) is 56.3 Å². The molecule has 0 aliphatic heterocycles.